The highest BCUT2D eigenvalue weighted by atomic mass is 35.5. The average Bonchev–Trinajstić information content (AvgIpc) is 2.93. The fraction of sp³-hybridized carbons (Fsp3) is 0.692. The van der Waals surface area contributed by atoms with Crippen LogP contribution in [0.3, 0.4) is 0 Å². The van der Waals surface area contributed by atoms with Gasteiger partial charge in [-0.15, -0.1) is 11.3 Å². The lowest BCUT2D eigenvalue weighted by atomic mass is 10.1. The van der Waals surface area contributed by atoms with Crippen molar-refractivity contribution in [2.75, 3.05) is 18.1 Å². The van der Waals surface area contributed by atoms with E-state index in [0.29, 0.717) is 16.8 Å². The summed E-state index contributed by atoms with van der Waals surface area (Å²) in [6.45, 7) is 4.74. The highest BCUT2D eigenvalue weighted by Gasteiger charge is 2.46. The molecule has 0 radical (unpaired) electrons. The summed E-state index contributed by atoms with van der Waals surface area (Å²) in [5, 5.41) is 2.17. The van der Waals surface area contributed by atoms with Crippen molar-refractivity contribution in [1.82, 2.24) is 5.32 Å². The second kappa shape index (κ2) is 6.76. The van der Waals surface area contributed by atoms with Crippen molar-refractivity contribution in [3.8, 4) is 0 Å². The van der Waals surface area contributed by atoms with Crippen molar-refractivity contribution < 1.29 is 16.8 Å². The maximum absolute atomic E-state index is 12.7. The Morgan fingerprint density at radius 1 is 1.36 bits per heavy atom. The van der Waals surface area contributed by atoms with E-state index in [4.69, 9.17) is 11.6 Å². The van der Waals surface area contributed by atoms with Gasteiger partial charge in [0.15, 0.2) is 19.7 Å². The molecule has 126 valence electrons. The zero-order valence-corrected chi connectivity index (χ0v) is 15.7. The minimum atomic E-state index is -3.70. The van der Waals surface area contributed by atoms with Crippen LogP contribution < -0.4 is 5.32 Å². The number of hydrogen-bond donors (Lipinski definition) is 1. The van der Waals surface area contributed by atoms with Crippen molar-refractivity contribution >= 4 is 42.6 Å². The van der Waals surface area contributed by atoms with Crippen LogP contribution in [0.4, 0.5) is 0 Å². The third-order valence-electron chi connectivity index (χ3n) is 3.66. The summed E-state index contributed by atoms with van der Waals surface area (Å²) in [6, 6.07) is 2.40. The van der Waals surface area contributed by atoms with Crippen LogP contribution >= 0.6 is 22.9 Å². The number of halogens is 1. The van der Waals surface area contributed by atoms with Gasteiger partial charge in [0.1, 0.15) is 4.21 Å². The van der Waals surface area contributed by atoms with Gasteiger partial charge in [0, 0.05) is 6.04 Å². The van der Waals surface area contributed by atoms with Gasteiger partial charge >= 0.3 is 0 Å². The Hall–Kier alpha value is -0.150. The lowest BCUT2D eigenvalue weighted by Gasteiger charge is -2.19. The summed E-state index contributed by atoms with van der Waals surface area (Å²) < 4.78 is 49.7. The summed E-state index contributed by atoms with van der Waals surface area (Å²) in [5.41, 5.74) is 0. The molecular formula is C13H20ClNO4S3. The van der Waals surface area contributed by atoms with E-state index in [1.165, 1.54) is 12.1 Å². The second-order valence-electron chi connectivity index (χ2n) is 5.96. The summed E-state index contributed by atoms with van der Waals surface area (Å²) in [7, 11) is -7.05. The first-order valence-corrected chi connectivity index (χ1v) is 11.6. The lowest BCUT2D eigenvalue weighted by Crippen LogP contribution is -2.43. The van der Waals surface area contributed by atoms with Crippen molar-refractivity contribution in [1.29, 1.82) is 0 Å². The Balaban J connectivity index is 2.22. The molecule has 22 heavy (non-hydrogen) atoms. The molecule has 9 heteroatoms. The third-order valence-corrected chi connectivity index (χ3v) is 9.56. The molecule has 1 N–H and O–H groups in total. The van der Waals surface area contributed by atoms with Crippen LogP contribution in [0.5, 0.6) is 0 Å². The maximum atomic E-state index is 12.7. The Morgan fingerprint density at radius 2 is 2.05 bits per heavy atom. The topological polar surface area (TPSA) is 80.3 Å². The molecule has 1 fully saturated rings. The quantitative estimate of drug-likeness (QED) is 0.809. The van der Waals surface area contributed by atoms with Crippen LogP contribution in [0.2, 0.25) is 4.34 Å². The van der Waals surface area contributed by atoms with Gasteiger partial charge in [-0.3, -0.25) is 0 Å². The Morgan fingerprint density at radius 3 is 2.59 bits per heavy atom. The van der Waals surface area contributed by atoms with E-state index >= 15 is 0 Å². The molecule has 0 amide bonds. The van der Waals surface area contributed by atoms with Crippen LogP contribution in [0.15, 0.2) is 16.3 Å². The van der Waals surface area contributed by atoms with Gasteiger partial charge in [-0.1, -0.05) is 25.4 Å². The van der Waals surface area contributed by atoms with E-state index in [1.54, 1.807) is 0 Å². The van der Waals surface area contributed by atoms with Crippen LogP contribution in [-0.2, 0) is 19.7 Å². The van der Waals surface area contributed by atoms with E-state index in [2.05, 4.69) is 19.2 Å². The first kappa shape index (κ1) is 18.2. The second-order valence-corrected chi connectivity index (χ2v) is 12.2. The van der Waals surface area contributed by atoms with Crippen molar-refractivity contribution in [2.24, 2.45) is 5.92 Å². The molecule has 2 rings (SSSR count). The molecule has 0 aromatic carbocycles. The molecule has 0 aliphatic carbocycles. The zero-order chi connectivity index (χ0) is 16.5. The largest absolute Gasteiger partial charge is 0.312 e. The standard InChI is InChI=1S/C13H20ClNO4S3/c1-9(2)5-6-15-10-7-21(16,17)8-11(10)22(18,19)13-4-3-12(14)20-13/h3-4,9-11,15H,5-8H2,1-2H3/t10-,11-/m0/s1. The molecule has 1 saturated heterocycles. The van der Waals surface area contributed by atoms with E-state index in [-0.39, 0.29) is 15.7 Å². The van der Waals surface area contributed by atoms with Crippen LogP contribution in [0.1, 0.15) is 20.3 Å². The highest BCUT2D eigenvalue weighted by molar-refractivity contribution is 7.97. The number of rotatable bonds is 6. The molecule has 2 heterocycles. The minimum absolute atomic E-state index is 0.131. The van der Waals surface area contributed by atoms with E-state index in [9.17, 15) is 16.8 Å². The predicted octanol–water partition coefficient (Wildman–Crippen LogP) is 1.98. The molecule has 0 bridgehead atoms. The fourth-order valence-corrected chi connectivity index (χ4v) is 8.90. The van der Waals surface area contributed by atoms with E-state index in [1.807, 2.05) is 0 Å². The summed E-state index contributed by atoms with van der Waals surface area (Å²) in [6.07, 6.45) is 0.869. The number of nitrogens with one attached hydrogen (secondary N) is 1. The smallest absolute Gasteiger partial charge is 0.193 e. The molecule has 1 aromatic rings. The van der Waals surface area contributed by atoms with Gasteiger partial charge in [-0.2, -0.15) is 0 Å². The number of sulfone groups is 2. The van der Waals surface area contributed by atoms with Crippen LogP contribution in [0.25, 0.3) is 0 Å². The molecule has 0 unspecified atom stereocenters. The first-order valence-electron chi connectivity index (χ1n) is 7.05. The van der Waals surface area contributed by atoms with Gasteiger partial charge in [0.05, 0.1) is 21.1 Å². The van der Waals surface area contributed by atoms with Gasteiger partial charge in [0.25, 0.3) is 0 Å². The molecule has 0 spiro atoms. The van der Waals surface area contributed by atoms with E-state index in [0.717, 1.165) is 17.8 Å². The highest BCUT2D eigenvalue weighted by Crippen LogP contribution is 2.32. The maximum Gasteiger partial charge on any atom is 0.193 e. The molecule has 1 aromatic heterocycles. The fourth-order valence-electron chi connectivity index (χ4n) is 2.47. The molecular weight excluding hydrogens is 366 g/mol. The van der Waals surface area contributed by atoms with E-state index < -0.39 is 31.0 Å². The van der Waals surface area contributed by atoms with Crippen molar-refractivity contribution in [3.05, 3.63) is 16.5 Å². The lowest BCUT2D eigenvalue weighted by molar-refractivity contribution is 0.483. The van der Waals surface area contributed by atoms with Crippen LogP contribution in [0, 0.1) is 5.92 Å². The van der Waals surface area contributed by atoms with Gasteiger partial charge in [-0.05, 0) is 31.0 Å². The number of thiophene rings is 1. The number of hydrogen-bond acceptors (Lipinski definition) is 6. The SMILES string of the molecule is CC(C)CCN[C@H]1CS(=O)(=O)C[C@@H]1S(=O)(=O)c1ccc(Cl)s1. The van der Waals surface area contributed by atoms with Crippen molar-refractivity contribution in [2.45, 2.75) is 35.8 Å². The molecule has 2 atom stereocenters. The Labute approximate surface area is 140 Å². The first-order chi connectivity index (χ1) is 10.1. The monoisotopic (exact) mass is 385 g/mol. The minimum Gasteiger partial charge on any atom is -0.312 e. The molecule has 0 saturated carbocycles. The Kier molecular flexibility index (Phi) is 5.59. The van der Waals surface area contributed by atoms with Gasteiger partial charge < -0.3 is 5.32 Å². The Bertz CT molecular complexity index is 724. The van der Waals surface area contributed by atoms with Crippen molar-refractivity contribution in [3.63, 3.8) is 0 Å². The predicted molar refractivity (Wildman–Crippen MR) is 90.2 cm³/mol. The van der Waals surface area contributed by atoms with Gasteiger partial charge in [-0.25, -0.2) is 16.8 Å². The normalized spacial score (nSPS) is 24.9. The summed E-state index contributed by atoms with van der Waals surface area (Å²) >= 11 is 6.77. The van der Waals surface area contributed by atoms with Crippen LogP contribution in [-0.4, -0.2) is 46.2 Å². The molecule has 1 aliphatic heterocycles. The zero-order valence-electron chi connectivity index (χ0n) is 12.5. The summed E-state index contributed by atoms with van der Waals surface area (Å²) in [5.74, 6) is 0.00912. The van der Waals surface area contributed by atoms with Gasteiger partial charge in [0.2, 0.25) is 0 Å². The average molecular weight is 386 g/mol. The molecule has 5 nitrogen and oxygen atoms in total. The summed E-state index contributed by atoms with van der Waals surface area (Å²) in [4.78, 5) is 0. The molecule has 1 aliphatic rings. The third kappa shape index (κ3) is 4.23.